The molecule has 2 heterocycles. The molecule has 8 nitrogen and oxygen atoms in total. The topological polar surface area (TPSA) is 98.1 Å². The van der Waals surface area contributed by atoms with Crippen LogP contribution in [0.2, 0.25) is 5.02 Å². The molecule has 2 N–H and O–H groups in total. The van der Waals surface area contributed by atoms with Gasteiger partial charge in [-0.05, 0) is 36.8 Å². The predicted octanol–water partition coefficient (Wildman–Crippen LogP) is 6.23. The lowest BCUT2D eigenvalue weighted by atomic mass is 10.0. The Kier molecular flexibility index (Phi) is 8.25. The minimum Gasteiger partial charge on any atom is -0.497 e. The molecular weight excluding hydrogens is 510 g/mol. The Morgan fingerprint density at radius 3 is 2.57 bits per heavy atom. The summed E-state index contributed by atoms with van der Waals surface area (Å²) in [4.78, 5) is 27.3. The third kappa shape index (κ3) is 5.84. The second-order valence-corrected chi connectivity index (χ2v) is 10.1. The van der Waals surface area contributed by atoms with Crippen molar-refractivity contribution < 1.29 is 14.3 Å². The Balaban J connectivity index is 1.66. The zero-order chi connectivity index (χ0) is 26.5. The quantitative estimate of drug-likeness (QED) is 0.247. The number of urea groups is 1. The van der Waals surface area contributed by atoms with E-state index in [1.165, 1.54) is 11.3 Å². The average Bonchev–Trinajstić information content (AvgIpc) is 3.51. The van der Waals surface area contributed by atoms with E-state index in [0.717, 1.165) is 11.3 Å². The standard InChI is InChI=1S/C27H28ClN5O3S/c1-5-19-14-21(24(34)20-11-6-7-12-22(20)28)26(37-19)33-23(31-32-25(33)16(2)3)15-29-27(35)30-17-9-8-10-18(13-17)36-4/h6-14,16H,5,15H2,1-4H3,(H2,29,30,35). The van der Waals surface area contributed by atoms with Gasteiger partial charge in [0.25, 0.3) is 0 Å². The third-order valence-corrected chi connectivity index (χ3v) is 7.28. The number of rotatable bonds is 9. The highest BCUT2D eigenvalue weighted by Gasteiger charge is 2.25. The van der Waals surface area contributed by atoms with Gasteiger partial charge in [0.1, 0.15) is 16.6 Å². The van der Waals surface area contributed by atoms with Crippen molar-refractivity contribution in [3.8, 4) is 10.8 Å². The zero-order valence-electron chi connectivity index (χ0n) is 21.0. The van der Waals surface area contributed by atoms with Gasteiger partial charge in [0, 0.05) is 28.1 Å². The molecule has 4 rings (SSSR count). The fourth-order valence-corrected chi connectivity index (χ4v) is 5.14. The molecule has 0 spiro atoms. The van der Waals surface area contributed by atoms with Crippen LogP contribution in [0.1, 0.15) is 59.1 Å². The highest BCUT2D eigenvalue weighted by atomic mass is 35.5. The van der Waals surface area contributed by atoms with Gasteiger partial charge in [-0.25, -0.2) is 4.79 Å². The summed E-state index contributed by atoms with van der Waals surface area (Å²) in [5.74, 6) is 1.71. The van der Waals surface area contributed by atoms with Crippen LogP contribution in [-0.4, -0.2) is 33.7 Å². The Labute approximate surface area is 224 Å². The number of carbonyl (C=O) groups is 2. The molecule has 4 aromatic rings. The lowest BCUT2D eigenvalue weighted by molar-refractivity contribution is 0.103. The van der Waals surface area contributed by atoms with Gasteiger partial charge >= 0.3 is 6.03 Å². The number of anilines is 1. The van der Waals surface area contributed by atoms with Gasteiger partial charge in [0.15, 0.2) is 11.6 Å². The van der Waals surface area contributed by atoms with Gasteiger partial charge in [-0.2, -0.15) is 0 Å². The Bertz CT molecular complexity index is 1430. The second kappa shape index (κ2) is 11.6. The highest BCUT2D eigenvalue weighted by Crippen LogP contribution is 2.33. The van der Waals surface area contributed by atoms with Gasteiger partial charge in [-0.15, -0.1) is 21.5 Å². The zero-order valence-corrected chi connectivity index (χ0v) is 22.6. The molecule has 0 bridgehead atoms. The predicted molar refractivity (Wildman–Crippen MR) is 146 cm³/mol. The molecule has 2 aromatic carbocycles. The van der Waals surface area contributed by atoms with Crippen molar-refractivity contribution in [2.75, 3.05) is 12.4 Å². The van der Waals surface area contributed by atoms with Crippen LogP contribution in [0.4, 0.5) is 10.5 Å². The third-order valence-electron chi connectivity index (χ3n) is 5.68. The molecular formula is C27H28ClN5O3S. The maximum Gasteiger partial charge on any atom is 0.319 e. The van der Waals surface area contributed by atoms with Crippen LogP contribution in [0.3, 0.4) is 0 Å². The van der Waals surface area contributed by atoms with Crippen molar-refractivity contribution >= 4 is 40.4 Å². The minimum absolute atomic E-state index is 0.0299. The maximum atomic E-state index is 13.6. The molecule has 37 heavy (non-hydrogen) atoms. The number of methoxy groups -OCH3 is 1. The summed E-state index contributed by atoms with van der Waals surface area (Å²) in [5.41, 5.74) is 1.56. The number of aromatic nitrogens is 3. The van der Waals surface area contributed by atoms with Crippen LogP contribution in [0.15, 0.2) is 54.6 Å². The number of benzene rings is 2. The Hall–Kier alpha value is -3.69. The van der Waals surface area contributed by atoms with E-state index in [9.17, 15) is 9.59 Å². The first-order valence-electron chi connectivity index (χ1n) is 11.9. The molecule has 0 unspecified atom stereocenters. The van der Waals surface area contributed by atoms with E-state index in [4.69, 9.17) is 16.3 Å². The van der Waals surface area contributed by atoms with Crippen molar-refractivity contribution in [1.29, 1.82) is 0 Å². The number of thiophene rings is 1. The molecule has 0 aliphatic carbocycles. The molecule has 2 aromatic heterocycles. The summed E-state index contributed by atoms with van der Waals surface area (Å²) in [6.45, 7) is 6.17. The number of nitrogens with one attached hydrogen (secondary N) is 2. The van der Waals surface area contributed by atoms with Gasteiger partial charge < -0.3 is 15.4 Å². The lowest BCUT2D eigenvalue weighted by Crippen LogP contribution is -2.29. The number of halogens is 1. The van der Waals surface area contributed by atoms with Crippen molar-refractivity contribution in [3.05, 3.63) is 87.3 Å². The van der Waals surface area contributed by atoms with Crippen LogP contribution in [0, 0.1) is 0 Å². The monoisotopic (exact) mass is 537 g/mol. The number of aryl methyl sites for hydroxylation is 1. The summed E-state index contributed by atoms with van der Waals surface area (Å²) in [7, 11) is 1.57. The van der Waals surface area contributed by atoms with Crippen LogP contribution in [-0.2, 0) is 13.0 Å². The number of ketones is 1. The van der Waals surface area contributed by atoms with Gasteiger partial charge in [0.2, 0.25) is 0 Å². The second-order valence-electron chi connectivity index (χ2n) is 8.60. The number of hydrogen-bond donors (Lipinski definition) is 2. The van der Waals surface area contributed by atoms with E-state index >= 15 is 0 Å². The largest absolute Gasteiger partial charge is 0.497 e. The number of carbonyl (C=O) groups excluding carboxylic acids is 2. The molecule has 0 radical (unpaired) electrons. The van der Waals surface area contributed by atoms with Crippen LogP contribution in [0.25, 0.3) is 5.00 Å². The first-order chi connectivity index (χ1) is 17.8. The highest BCUT2D eigenvalue weighted by molar-refractivity contribution is 7.15. The molecule has 192 valence electrons. The molecule has 10 heteroatoms. The molecule has 0 atom stereocenters. The molecule has 0 aliphatic heterocycles. The normalized spacial score (nSPS) is 11.0. The first-order valence-corrected chi connectivity index (χ1v) is 13.1. The first kappa shape index (κ1) is 26.4. The van der Waals surface area contributed by atoms with E-state index in [2.05, 4.69) is 20.8 Å². The van der Waals surface area contributed by atoms with E-state index in [1.807, 2.05) is 31.4 Å². The number of amides is 2. The summed E-state index contributed by atoms with van der Waals surface area (Å²) in [5, 5.41) is 15.5. The van der Waals surface area contributed by atoms with Crippen LogP contribution < -0.4 is 15.4 Å². The Morgan fingerprint density at radius 2 is 1.86 bits per heavy atom. The number of ether oxygens (including phenoxy) is 1. The smallest absolute Gasteiger partial charge is 0.319 e. The average molecular weight is 538 g/mol. The van der Waals surface area contributed by atoms with Crippen molar-refractivity contribution in [3.63, 3.8) is 0 Å². The molecule has 0 saturated heterocycles. The number of hydrogen-bond acceptors (Lipinski definition) is 6. The number of nitrogens with zero attached hydrogens (tertiary/aromatic N) is 3. The summed E-state index contributed by atoms with van der Waals surface area (Å²) >= 11 is 7.87. The van der Waals surface area contributed by atoms with E-state index < -0.39 is 6.03 Å². The molecule has 2 amide bonds. The van der Waals surface area contributed by atoms with E-state index in [-0.39, 0.29) is 18.2 Å². The summed E-state index contributed by atoms with van der Waals surface area (Å²) in [6.07, 6.45) is 0.767. The fraction of sp³-hybridized carbons (Fsp3) is 0.259. The SMILES string of the molecule is CCc1cc(C(=O)c2ccccc2Cl)c(-n2c(CNC(=O)Nc3cccc(OC)c3)nnc2C(C)C)s1. The maximum absolute atomic E-state index is 13.6. The van der Waals surface area contributed by atoms with Crippen LogP contribution >= 0.6 is 22.9 Å². The van der Waals surface area contributed by atoms with E-state index in [0.29, 0.717) is 44.2 Å². The fourth-order valence-electron chi connectivity index (χ4n) is 3.80. The minimum atomic E-state index is -0.401. The van der Waals surface area contributed by atoms with Crippen LogP contribution in [0.5, 0.6) is 5.75 Å². The lowest BCUT2D eigenvalue weighted by Gasteiger charge is -2.14. The van der Waals surface area contributed by atoms with Gasteiger partial charge in [-0.3, -0.25) is 9.36 Å². The molecule has 0 aliphatic rings. The van der Waals surface area contributed by atoms with Crippen molar-refractivity contribution in [1.82, 2.24) is 20.1 Å². The van der Waals surface area contributed by atoms with E-state index in [1.54, 1.807) is 55.6 Å². The van der Waals surface area contributed by atoms with Gasteiger partial charge in [-0.1, -0.05) is 50.6 Å². The molecule has 0 fully saturated rings. The van der Waals surface area contributed by atoms with Crippen molar-refractivity contribution in [2.24, 2.45) is 0 Å². The summed E-state index contributed by atoms with van der Waals surface area (Å²) in [6, 6.07) is 15.6. The van der Waals surface area contributed by atoms with Crippen molar-refractivity contribution in [2.45, 2.75) is 39.7 Å². The Morgan fingerprint density at radius 1 is 1.08 bits per heavy atom. The summed E-state index contributed by atoms with van der Waals surface area (Å²) < 4.78 is 7.09. The van der Waals surface area contributed by atoms with Gasteiger partial charge in [0.05, 0.1) is 24.2 Å². The molecule has 0 saturated carbocycles.